The van der Waals surface area contributed by atoms with Crippen molar-refractivity contribution in [1.29, 1.82) is 0 Å². The van der Waals surface area contributed by atoms with Crippen LogP contribution in [0, 0.1) is 29.1 Å². The number of rotatable bonds is 20. The van der Waals surface area contributed by atoms with Gasteiger partial charge in [-0.25, -0.2) is 0 Å². The standard InChI is InChI=1S/C54H74N6O5/c1-35-47-28-44(54(47,3)4)29-48(35)57-53(64)51-50(36(2)62)49(34-61)65-60(51)31-39-20-15-21-41(22-39)42-23-40(30-55-45(32-58(5)6)25-37-16-11-9-12-17-37)24-43(27-42)52(63)56-46(33-59(7)8)26-38-18-13-10-14-19-38/h9-24,27,35-36,44-51,55,61-62H,25-26,28-34H2,1-8H3,(H,56,63)(H,57,64)/t35-,36-,44+,45-,46-,47+,48-,49-,50+,51-/m0/s1. The molecule has 0 spiro atoms. The molecular weight excluding hydrogens is 813 g/mol. The van der Waals surface area contributed by atoms with E-state index < -0.39 is 24.2 Å². The molecule has 1 aliphatic heterocycles. The number of hydrogen-bond donors (Lipinski definition) is 5. The molecular formula is C54H74N6O5. The number of hydroxylamine groups is 2. The van der Waals surface area contributed by atoms with Gasteiger partial charge < -0.3 is 36.0 Å². The van der Waals surface area contributed by atoms with Crippen molar-refractivity contribution in [1.82, 2.24) is 30.8 Å². The predicted molar refractivity (Wildman–Crippen MR) is 259 cm³/mol. The number of hydrogen-bond acceptors (Lipinski definition) is 9. The Kier molecular flexibility index (Phi) is 16.0. The zero-order valence-electron chi connectivity index (χ0n) is 39.9. The molecule has 11 heteroatoms. The van der Waals surface area contributed by atoms with Gasteiger partial charge in [-0.2, -0.15) is 5.06 Å². The summed E-state index contributed by atoms with van der Waals surface area (Å²) in [6, 6.07) is 34.4. The molecule has 10 atom stereocenters. The molecule has 2 bridgehead atoms. The Balaban J connectivity index is 1.16. The Hall–Kier alpha value is -4.46. The van der Waals surface area contributed by atoms with Crippen LogP contribution < -0.4 is 16.0 Å². The number of aliphatic hydroxyl groups is 2. The highest BCUT2D eigenvalue weighted by molar-refractivity contribution is 5.96. The number of fused-ring (bicyclic) bond motifs is 2. The van der Waals surface area contributed by atoms with Gasteiger partial charge in [0.15, 0.2) is 0 Å². The van der Waals surface area contributed by atoms with Gasteiger partial charge in [0.2, 0.25) is 5.91 Å². The minimum atomic E-state index is -0.883. The van der Waals surface area contributed by atoms with E-state index in [1.807, 2.05) is 68.7 Å². The average molecular weight is 887 g/mol. The number of nitrogens with one attached hydrogen (secondary N) is 3. The summed E-state index contributed by atoms with van der Waals surface area (Å²) in [5.41, 5.74) is 7.00. The van der Waals surface area contributed by atoms with Crippen molar-refractivity contribution in [3.63, 3.8) is 0 Å². The minimum Gasteiger partial charge on any atom is -0.394 e. The van der Waals surface area contributed by atoms with E-state index in [0.29, 0.717) is 42.8 Å². The molecule has 8 rings (SSSR count). The molecule has 65 heavy (non-hydrogen) atoms. The summed E-state index contributed by atoms with van der Waals surface area (Å²) in [7, 11) is 8.23. The summed E-state index contributed by atoms with van der Waals surface area (Å²) in [4.78, 5) is 39.4. The largest absolute Gasteiger partial charge is 0.394 e. The van der Waals surface area contributed by atoms with Gasteiger partial charge in [-0.1, -0.05) is 99.6 Å². The van der Waals surface area contributed by atoms with Crippen molar-refractivity contribution >= 4 is 11.8 Å². The van der Waals surface area contributed by atoms with Gasteiger partial charge in [0.1, 0.15) is 12.1 Å². The van der Waals surface area contributed by atoms with Crippen molar-refractivity contribution in [3.8, 4) is 11.1 Å². The third-order valence-electron chi connectivity index (χ3n) is 14.7. The third-order valence-corrected chi connectivity index (χ3v) is 14.7. The fraction of sp³-hybridized carbons (Fsp3) is 0.519. The van der Waals surface area contributed by atoms with Gasteiger partial charge in [-0.15, -0.1) is 0 Å². The van der Waals surface area contributed by atoms with Gasteiger partial charge in [-0.3, -0.25) is 14.4 Å². The lowest BCUT2D eigenvalue weighted by molar-refractivity contribution is -0.183. The number of carbonyl (C=O) groups is 2. The first-order valence-electron chi connectivity index (χ1n) is 23.8. The van der Waals surface area contributed by atoms with E-state index in [-0.39, 0.29) is 48.5 Å². The maximum Gasteiger partial charge on any atom is 0.251 e. The maximum absolute atomic E-state index is 14.4. The highest BCUT2D eigenvalue weighted by atomic mass is 16.7. The number of nitrogens with zero attached hydrogens (tertiary/aromatic N) is 3. The van der Waals surface area contributed by atoms with Crippen LogP contribution in [0.1, 0.15) is 73.1 Å². The Morgan fingerprint density at radius 3 is 2.02 bits per heavy atom. The van der Waals surface area contributed by atoms with E-state index in [9.17, 15) is 19.8 Å². The summed E-state index contributed by atoms with van der Waals surface area (Å²) < 4.78 is 0. The van der Waals surface area contributed by atoms with Crippen LogP contribution in [0.2, 0.25) is 0 Å². The molecule has 5 N–H and O–H groups in total. The van der Waals surface area contributed by atoms with Gasteiger partial charge in [-0.05, 0) is 142 Å². The fourth-order valence-electron chi connectivity index (χ4n) is 11.2. The number of amides is 2. The molecule has 3 saturated carbocycles. The second kappa shape index (κ2) is 21.4. The smallest absolute Gasteiger partial charge is 0.251 e. The topological polar surface area (TPSA) is 130 Å². The monoisotopic (exact) mass is 887 g/mol. The quantitative estimate of drug-likeness (QED) is 0.0708. The summed E-state index contributed by atoms with van der Waals surface area (Å²) >= 11 is 0. The molecule has 4 aromatic carbocycles. The van der Waals surface area contributed by atoms with Gasteiger partial charge in [0.25, 0.3) is 5.91 Å². The number of likely N-dealkylation sites (N-methyl/N-ethyl adjacent to an activating group) is 2. The molecule has 1 heterocycles. The molecule has 11 nitrogen and oxygen atoms in total. The van der Waals surface area contributed by atoms with E-state index in [2.05, 4.69) is 109 Å². The third kappa shape index (κ3) is 11.9. The molecule has 4 aliphatic rings. The van der Waals surface area contributed by atoms with Crippen LogP contribution in [0.4, 0.5) is 0 Å². The van der Waals surface area contributed by atoms with Gasteiger partial charge in [0, 0.05) is 49.2 Å². The molecule has 2 amide bonds. The SMILES string of the molecule is C[C@@H]1[C@@H](NC(=O)[C@@H]2[C@H]([C@H](C)O)[C@H](CO)ON2Cc2cccc(-c3cc(CN[C@@H](Cc4ccccc4)CN(C)C)cc(C(=O)N[C@@H](Cc4ccccc4)CN(C)C)c3)c2)C[C@H]2C[C@H]1C2(C)C. The van der Waals surface area contributed by atoms with E-state index in [1.54, 1.807) is 12.0 Å². The number of aliphatic hydroxyl groups excluding tert-OH is 2. The zero-order chi connectivity index (χ0) is 46.4. The normalized spacial score (nSPS) is 25.2. The summed E-state index contributed by atoms with van der Waals surface area (Å²) in [5, 5.41) is 33.7. The molecule has 1 saturated heterocycles. The first-order chi connectivity index (χ1) is 31.1. The molecule has 0 radical (unpaired) electrons. The van der Waals surface area contributed by atoms with Crippen LogP contribution in [0.15, 0.2) is 103 Å². The highest BCUT2D eigenvalue weighted by Gasteiger charge is 2.57. The summed E-state index contributed by atoms with van der Waals surface area (Å²) in [5.74, 6) is 0.561. The summed E-state index contributed by atoms with van der Waals surface area (Å²) in [6.45, 7) is 10.7. The lowest BCUT2D eigenvalue weighted by atomic mass is 9.45. The first-order valence-corrected chi connectivity index (χ1v) is 23.8. The lowest BCUT2D eigenvalue weighted by Crippen LogP contribution is -2.62. The Morgan fingerprint density at radius 1 is 0.800 bits per heavy atom. The van der Waals surface area contributed by atoms with E-state index in [0.717, 1.165) is 47.2 Å². The highest BCUT2D eigenvalue weighted by Crippen LogP contribution is 2.61. The lowest BCUT2D eigenvalue weighted by Gasteiger charge is -2.62. The number of carbonyl (C=O) groups excluding carboxylic acids is 2. The van der Waals surface area contributed by atoms with E-state index in [1.165, 1.54) is 12.0 Å². The Labute approximate surface area is 387 Å². The first kappa shape index (κ1) is 48.5. The molecule has 0 unspecified atom stereocenters. The van der Waals surface area contributed by atoms with Crippen LogP contribution in [0.25, 0.3) is 11.1 Å². The van der Waals surface area contributed by atoms with Crippen molar-refractivity contribution in [2.45, 2.75) is 103 Å². The average Bonchev–Trinajstić information content (AvgIpc) is 3.65. The zero-order valence-corrected chi connectivity index (χ0v) is 39.9. The Bertz CT molecular complexity index is 2180. The van der Waals surface area contributed by atoms with E-state index >= 15 is 0 Å². The maximum atomic E-state index is 14.4. The number of benzene rings is 4. The molecule has 3 aliphatic carbocycles. The van der Waals surface area contributed by atoms with Crippen molar-refractivity contribution in [3.05, 3.63) is 131 Å². The summed E-state index contributed by atoms with van der Waals surface area (Å²) in [6.07, 6.45) is 2.11. The van der Waals surface area contributed by atoms with E-state index in [4.69, 9.17) is 4.84 Å². The fourth-order valence-corrected chi connectivity index (χ4v) is 11.2. The minimum absolute atomic E-state index is 0.0495. The van der Waals surface area contributed by atoms with Gasteiger partial charge in [0.05, 0.1) is 19.3 Å². The predicted octanol–water partition coefficient (Wildman–Crippen LogP) is 6.18. The molecule has 4 fully saturated rings. The van der Waals surface area contributed by atoms with Crippen molar-refractivity contribution in [2.75, 3.05) is 47.9 Å². The van der Waals surface area contributed by atoms with Crippen LogP contribution in [-0.2, 0) is 35.6 Å². The van der Waals surface area contributed by atoms with Crippen LogP contribution >= 0.6 is 0 Å². The van der Waals surface area contributed by atoms with Crippen molar-refractivity contribution in [2.24, 2.45) is 29.1 Å². The van der Waals surface area contributed by atoms with Gasteiger partial charge >= 0.3 is 0 Å². The Morgan fingerprint density at radius 2 is 1.42 bits per heavy atom. The molecule has 0 aromatic heterocycles. The molecule has 4 aromatic rings. The van der Waals surface area contributed by atoms with Crippen LogP contribution in [0.3, 0.4) is 0 Å². The second-order valence-electron chi connectivity index (χ2n) is 20.5. The van der Waals surface area contributed by atoms with Crippen molar-refractivity contribution < 1.29 is 24.6 Å². The molecule has 350 valence electrons. The second-order valence-corrected chi connectivity index (χ2v) is 20.5. The van der Waals surface area contributed by atoms with Crippen LogP contribution in [-0.4, -0.2) is 121 Å². The van der Waals surface area contributed by atoms with Crippen LogP contribution in [0.5, 0.6) is 0 Å².